The zero-order valence-electron chi connectivity index (χ0n) is 9.21. The van der Waals surface area contributed by atoms with Gasteiger partial charge in [-0.25, -0.2) is 4.68 Å². The summed E-state index contributed by atoms with van der Waals surface area (Å²) in [6.45, 7) is 4.14. The van der Waals surface area contributed by atoms with Gasteiger partial charge < -0.3 is 10.5 Å². The van der Waals surface area contributed by atoms with E-state index in [2.05, 4.69) is 5.10 Å². The largest absolute Gasteiger partial charge is 0.378 e. The van der Waals surface area contributed by atoms with E-state index in [1.165, 1.54) is 4.68 Å². The quantitative estimate of drug-likeness (QED) is 0.600. The molecule has 2 unspecified atom stereocenters. The maximum Gasteiger partial charge on any atom is 0.333 e. The van der Waals surface area contributed by atoms with Crippen LogP contribution in [0.1, 0.15) is 25.1 Å². The van der Waals surface area contributed by atoms with Crippen molar-refractivity contribution in [1.82, 2.24) is 9.78 Å². The second-order valence-electron chi connectivity index (χ2n) is 3.95. The van der Waals surface area contributed by atoms with Crippen LogP contribution in [-0.4, -0.2) is 27.4 Å². The summed E-state index contributed by atoms with van der Waals surface area (Å²) in [5.41, 5.74) is 6.00. The molecule has 1 aliphatic rings. The lowest BCUT2D eigenvalue weighted by Gasteiger charge is -2.15. The van der Waals surface area contributed by atoms with Gasteiger partial charge in [0, 0.05) is 6.61 Å². The van der Waals surface area contributed by atoms with Crippen molar-refractivity contribution in [3.63, 3.8) is 0 Å². The Hall–Kier alpha value is -1.63. The monoisotopic (exact) mass is 226 g/mol. The number of anilines is 1. The number of ether oxygens (including phenoxy) is 1. The highest BCUT2D eigenvalue weighted by molar-refractivity contribution is 5.56. The van der Waals surface area contributed by atoms with E-state index in [9.17, 15) is 10.1 Å². The number of nitrogen functional groups attached to an aromatic ring is 1. The van der Waals surface area contributed by atoms with Crippen molar-refractivity contribution in [2.24, 2.45) is 0 Å². The number of aryl methyl sites for hydroxylation is 1. The molecule has 0 amide bonds. The SMILES string of the molecule is Cc1nn(C2CCOC2C)c(N)c1[N+](=O)[O-]. The molecule has 1 saturated heterocycles. The Kier molecular flexibility index (Phi) is 2.55. The number of nitrogens with two attached hydrogens (primary N) is 1. The van der Waals surface area contributed by atoms with Crippen LogP contribution < -0.4 is 5.73 Å². The summed E-state index contributed by atoms with van der Waals surface area (Å²) in [5.74, 6) is 0.116. The number of hydrogen-bond donors (Lipinski definition) is 1. The summed E-state index contributed by atoms with van der Waals surface area (Å²) < 4.78 is 6.92. The van der Waals surface area contributed by atoms with Crippen LogP contribution in [0.15, 0.2) is 0 Å². The van der Waals surface area contributed by atoms with E-state index in [1.54, 1.807) is 6.92 Å². The molecule has 0 radical (unpaired) electrons. The average Bonchev–Trinajstić information content (AvgIpc) is 2.70. The van der Waals surface area contributed by atoms with Crippen LogP contribution in [0.3, 0.4) is 0 Å². The van der Waals surface area contributed by atoms with Crippen LogP contribution in [0.25, 0.3) is 0 Å². The van der Waals surface area contributed by atoms with Crippen molar-refractivity contribution in [1.29, 1.82) is 0 Å². The Morgan fingerprint density at radius 3 is 2.81 bits per heavy atom. The van der Waals surface area contributed by atoms with E-state index < -0.39 is 4.92 Å². The number of hydrogen-bond acceptors (Lipinski definition) is 5. The fraction of sp³-hybridized carbons (Fsp3) is 0.667. The van der Waals surface area contributed by atoms with Gasteiger partial charge >= 0.3 is 5.69 Å². The molecule has 2 atom stereocenters. The van der Waals surface area contributed by atoms with Gasteiger partial charge in [-0.05, 0) is 20.3 Å². The summed E-state index contributed by atoms with van der Waals surface area (Å²) >= 11 is 0. The van der Waals surface area contributed by atoms with Gasteiger partial charge in [-0.15, -0.1) is 0 Å². The standard InChI is InChI=1S/C9H14N4O3/c1-5-8(13(14)15)9(10)12(11-5)7-3-4-16-6(7)2/h6-7H,3-4,10H2,1-2H3. The van der Waals surface area contributed by atoms with E-state index in [-0.39, 0.29) is 23.7 Å². The molecule has 7 nitrogen and oxygen atoms in total. The number of nitrogens with zero attached hydrogens (tertiary/aromatic N) is 3. The molecular weight excluding hydrogens is 212 g/mol. The Morgan fingerprint density at radius 2 is 2.38 bits per heavy atom. The van der Waals surface area contributed by atoms with Gasteiger partial charge in [0.1, 0.15) is 5.69 Å². The Balaban J connectivity index is 2.42. The van der Waals surface area contributed by atoms with E-state index >= 15 is 0 Å². The number of nitro groups is 1. The van der Waals surface area contributed by atoms with E-state index in [4.69, 9.17) is 10.5 Å². The topological polar surface area (TPSA) is 96.2 Å². The van der Waals surface area contributed by atoms with Crippen molar-refractivity contribution in [3.8, 4) is 0 Å². The zero-order chi connectivity index (χ0) is 11.9. The normalized spacial score (nSPS) is 24.9. The van der Waals surface area contributed by atoms with Crippen molar-refractivity contribution in [3.05, 3.63) is 15.8 Å². The lowest BCUT2D eigenvalue weighted by molar-refractivity contribution is -0.384. The molecule has 1 aromatic heterocycles. The van der Waals surface area contributed by atoms with Gasteiger partial charge in [0.05, 0.1) is 17.1 Å². The van der Waals surface area contributed by atoms with Gasteiger partial charge in [-0.2, -0.15) is 5.10 Å². The minimum absolute atomic E-state index is 0.00704. The highest BCUT2D eigenvalue weighted by Gasteiger charge is 2.32. The molecular formula is C9H14N4O3. The minimum Gasteiger partial charge on any atom is -0.378 e. The third-order valence-electron chi connectivity index (χ3n) is 2.92. The maximum absolute atomic E-state index is 10.8. The average molecular weight is 226 g/mol. The van der Waals surface area contributed by atoms with Gasteiger partial charge in [0.25, 0.3) is 0 Å². The summed E-state index contributed by atoms with van der Waals surface area (Å²) in [7, 11) is 0. The van der Waals surface area contributed by atoms with Crippen LogP contribution >= 0.6 is 0 Å². The predicted molar refractivity (Wildman–Crippen MR) is 57.1 cm³/mol. The van der Waals surface area contributed by atoms with Crippen LogP contribution in [0.5, 0.6) is 0 Å². The lowest BCUT2D eigenvalue weighted by Crippen LogP contribution is -2.19. The van der Waals surface area contributed by atoms with E-state index in [0.29, 0.717) is 12.3 Å². The van der Waals surface area contributed by atoms with Crippen molar-refractivity contribution < 1.29 is 9.66 Å². The molecule has 0 aromatic carbocycles. The molecule has 0 aliphatic carbocycles. The molecule has 2 N–H and O–H groups in total. The van der Waals surface area contributed by atoms with Crippen LogP contribution in [0, 0.1) is 17.0 Å². The molecule has 7 heteroatoms. The first kappa shape index (κ1) is 10.9. The van der Waals surface area contributed by atoms with E-state index in [1.807, 2.05) is 6.92 Å². The summed E-state index contributed by atoms with van der Waals surface area (Å²) in [5, 5.41) is 14.9. The molecule has 0 spiro atoms. The third-order valence-corrected chi connectivity index (χ3v) is 2.92. The minimum atomic E-state index is -0.491. The Morgan fingerprint density at radius 1 is 1.69 bits per heavy atom. The van der Waals surface area contributed by atoms with Crippen LogP contribution in [0.2, 0.25) is 0 Å². The molecule has 0 bridgehead atoms. The van der Waals surface area contributed by atoms with Crippen molar-refractivity contribution in [2.45, 2.75) is 32.4 Å². The number of aromatic nitrogens is 2. The summed E-state index contributed by atoms with van der Waals surface area (Å²) in [6, 6.07) is -0.00704. The molecule has 0 saturated carbocycles. The molecule has 1 aromatic rings. The fourth-order valence-corrected chi connectivity index (χ4v) is 2.08. The second-order valence-corrected chi connectivity index (χ2v) is 3.95. The molecule has 88 valence electrons. The fourth-order valence-electron chi connectivity index (χ4n) is 2.08. The van der Waals surface area contributed by atoms with Gasteiger partial charge in [-0.3, -0.25) is 10.1 Å². The molecule has 16 heavy (non-hydrogen) atoms. The predicted octanol–water partition coefficient (Wildman–Crippen LogP) is 1.03. The molecule has 1 fully saturated rings. The molecule has 2 heterocycles. The zero-order valence-corrected chi connectivity index (χ0v) is 9.21. The first-order valence-corrected chi connectivity index (χ1v) is 5.13. The van der Waals surface area contributed by atoms with Gasteiger partial charge in [0.15, 0.2) is 0 Å². The Bertz CT molecular complexity index is 429. The molecule has 1 aliphatic heterocycles. The van der Waals surface area contributed by atoms with Crippen LogP contribution in [0.4, 0.5) is 11.5 Å². The van der Waals surface area contributed by atoms with Crippen LogP contribution in [-0.2, 0) is 4.74 Å². The maximum atomic E-state index is 10.8. The summed E-state index contributed by atoms with van der Waals surface area (Å²) in [6.07, 6.45) is 0.769. The molecule has 2 rings (SSSR count). The smallest absolute Gasteiger partial charge is 0.333 e. The van der Waals surface area contributed by atoms with Gasteiger partial charge in [0.2, 0.25) is 5.82 Å². The van der Waals surface area contributed by atoms with Crippen molar-refractivity contribution >= 4 is 11.5 Å². The third kappa shape index (κ3) is 1.53. The second kappa shape index (κ2) is 3.75. The van der Waals surface area contributed by atoms with Gasteiger partial charge in [-0.1, -0.05) is 0 Å². The first-order chi connectivity index (χ1) is 7.52. The first-order valence-electron chi connectivity index (χ1n) is 5.13. The summed E-state index contributed by atoms with van der Waals surface area (Å²) in [4.78, 5) is 10.3. The van der Waals surface area contributed by atoms with E-state index in [0.717, 1.165) is 6.42 Å². The highest BCUT2D eigenvalue weighted by Crippen LogP contribution is 2.33. The van der Waals surface area contributed by atoms with Crippen molar-refractivity contribution in [2.75, 3.05) is 12.3 Å². The highest BCUT2D eigenvalue weighted by atomic mass is 16.6. The lowest BCUT2D eigenvalue weighted by atomic mass is 10.2. The Labute approximate surface area is 92.3 Å². The number of rotatable bonds is 2.